The predicted octanol–water partition coefficient (Wildman–Crippen LogP) is 2.31. The molecule has 0 bridgehead atoms. The molecule has 3 rings (SSSR count). The molecule has 1 aromatic heterocycles. The van der Waals surface area contributed by atoms with Crippen LogP contribution in [0.3, 0.4) is 0 Å². The molecule has 1 aliphatic heterocycles. The summed E-state index contributed by atoms with van der Waals surface area (Å²) in [5, 5.41) is 3.71. The van der Waals surface area contributed by atoms with Gasteiger partial charge in [0.1, 0.15) is 0 Å². The highest BCUT2D eigenvalue weighted by Crippen LogP contribution is 2.32. The predicted molar refractivity (Wildman–Crippen MR) is 67.9 cm³/mol. The zero-order chi connectivity index (χ0) is 11.8. The van der Waals surface area contributed by atoms with Gasteiger partial charge < -0.3 is 15.2 Å². The summed E-state index contributed by atoms with van der Waals surface area (Å²) in [6, 6.07) is 8.14. The van der Waals surface area contributed by atoms with Crippen LogP contribution in [0.5, 0.6) is 0 Å². The molecular formula is C13H15N3O. The normalized spacial score (nSPS) is 14.1. The first-order valence-corrected chi connectivity index (χ1v) is 5.88. The van der Waals surface area contributed by atoms with E-state index >= 15 is 0 Å². The topological polar surface area (TPSA) is 55.3 Å². The number of fused-ring (bicyclic) bond motifs is 1. The van der Waals surface area contributed by atoms with E-state index in [0.29, 0.717) is 5.82 Å². The van der Waals surface area contributed by atoms with Gasteiger partial charge in [0, 0.05) is 30.4 Å². The summed E-state index contributed by atoms with van der Waals surface area (Å²) < 4.78 is 5.17. The van der Waals surface area contributed by atoms with E-state index in [9.17, 15) is 0 Å². The number of nitrogen functional groups attached to an aromatic ring is 1. The van der Waals surface area contributed by atoms with E-state index in [1.807, 2.05) is 0 Å². The average molecular weight is 229 g/mol. The fraction of sp³-hybridized carbons (Fsp3) is 0.308. The van der Waals surface area contributed by atoms with Gasteiger partial charge in [-0.25, -0.2) is 0 Å². The Morgan fingerprint density at radius 3 is 3.00 bits per heavy atom. The van der Waals surface area contributed by atoms with Crippen molar-refractivity contribution >= 4 is 11.5 Å². The summed E-state index contributed by atoms with van der Waals surface area (Å²) in [4.78, 5) is 2.38. The van der Waals surface area contributed by atoms with Gasteiger partial charge in [0.15, 0.2) is 11.6 Å². The maximum absolute atomic E-state index is 5.56. The number of hydrogen-bond acceptors (Lipinski definition) is 4. The van der Waals surface area contributed by atoms with Crippen LogP contribution in [-0.2, 0) is 6.42 Å². The first-order valence-electron chi connectivity index (χ1n) is 5.88. The van der Waals surface area contributed by atoms with Crippen molar-refractivity contribution in [3.8, 4) is 11.3 Å². The van der Waals surface area contributed by atoms with Crippen molar-refractivity contribution in [2.75, 3.05) is 23.7 Å². The van der Waals surface area contributed by atoms with Gasteiger partial charge in [-0.05, 0) is 37.1 Å². The van der Waals surface area contributed by atoms with Crippen LogP contribution in [-0.4, -0.2) is 18.2 Å². The lowest BCUT2D eigenvalue weighted by atomic mass is 10.1. The molecule has 4 heteroatoms. The number of nitrogens with two attached hydrogens (primary N) is 1. The molecule has 0 atom stereocenters. The van der Waals surface area contributed by atoms with E-state index < -0.39 is 0 Å². The number of rotatable bonds is 2. The highest BCUT2D eigenvalue weighted by atomic mass is 16.5. The van der Waals surface area contributed by atoms with Crippen molar-refractivity contribution in [2.24, 2.45) is 0 Å². The first-order chi connectivity index (χ1) is 8.28. The van der Waals surface area contributed by atoms with Crippen LogP contribution < -0.4 is 10.6 Å². The minimum absolute atomic E-state index is 0.427. The molecular weight excluding hydrogens is 214 g/mol. The Kier molecular flexibility index (Phi) is 2.28. The van der Waals surface area contributed by atoms with Gasteiger partial charge in [-0.1, -0.05) is 5.16 Å². The van der Waals surface area contributed by atoms with Crippen LogP contribution in [0.25, 0.3) is 11.3 Å². The molecule has 1 aromatic carbocycles. The molecule has 2 aromatic rings. The van der Waals surface area contributed by atoms with E-state index in [2.05, 4.69) is 35.2 Å². The monoisotopic (exact) mass is 229 g/mol. The summed E-state index contributed by atoms with van der Waals surface area (Å²) >= 11 is 0. The number of nitrogens with zero attached hydrogens (tertiary/aromatic N) is 2. The largest absolute Gasteiger partial charge is 0.381 e. The standard InChI is InChI=1S/C13H15N3O/c1-2-16-6-5-9-7-10(3-4-11(9)16)12-8-13(14)15-17-12/h3-4,7-8H,2,5-6H2,1H3,(H2,14,15). The second-order valence-electron chi connectivity index (χ2n) is 4.29. The summed E-state index contributed by atoms with van der Waals surface area (Å²) in [7, 11) is 0. The van der Waals surface area contributed by atoms with E-state index in [4.69, 9.17) is 10.3 Å². The molecule has 88 valence electrons. The van der Waals surface area contributed by atoms with Crippen molar-refractivity contribution in [2.45, 2.75) is 13.3 Å². The molecule has 0 saturated carbocycles. The van der Waals surface area contributed by atoms with Gasteiger partial charge in [-0.3, -0.25) is 0 Å². The Morgan fingerprint density at radius 1 is 1.41 bits per heavy atom. The number of benzene rings is 1. The highest BCUT2D eigenvalue weighted by molar-refractivity contribution is 5.68. The Morgan fingerprint density at radius 2 is 2.29 bits per heavy atom. The fourth-order valence-electron chi connectivity index (χ4n) is 2.38. The van der Waals surface area contributed by atoms with Crippen molar-refractivity contribution in [3.63, 3.8) is 0 Å². The van der Waals surface area contributed by atoms with E-state index in [0.717, 1.165) is 30.8 Å². The van der Waals surface area contributed by atoms with Gasteiger partial charge in [0.05, 0.1) is 0 Å². The van der Waals surface area contributed by atoms with E-state index in [-0.39, 0.29) is 0 Å². The first kappa shape index (κ1) is 10.2. The second-order valence-corrected chi connectivity index (χ2v) is 4.29. The van der Waals surface area contributed by atoms with Crippen LogP contribution in [0.1, 0.15) is 12.5 Å². The Hall–Kier alpha value is -1.97. The van der Waals surface area contributed by atoms with Gasteiger partial charge in [-0.15, -0.1) is 0 Å². The third-order valence-corrected chi connectivity index (χ3v) is 3.27. The molecule has 0 aliphatic carbocycles. The van der Waals surface area contributed by atoms with Gasteiger partial charge >= 0.3 is 0 Å². The number of aromatic nitrogens is 1. The second kappa shape index (κ2) is 3.80. The lowest BCUT2D eigenvalue weighted by Gasteiger charge is -2.16. The molecule has 17 heavy (non-hydrogen) atoms. The van der Waals surface area contributed by atoms with Crippen molar-refractivity contribution in [1.29, 1.82) is 0 Å². The third kappa shape index (κ3) is 1.65. The molecule has 2 N–H and O–H groups in total. The average Bonchev–Trinajstić information content (AvgIpc) is 2.94. The molecule has 0 unspecified atom stereocenters. The smallest absolute Gasteiger partial charge is 0.169 e. The van der Waals surface area contributed by atoms with Crippen molar-refractivity contribution in [3.05, 3.63) is 29.8 Å². The van der Waals surface area contributed by atoms with Gasteiger partial charge in [0.2, 0.25) is 0 Å². The van der Waals surface area contributed by atoms with Crippen LogP contribution in [0, 0.1) is 0 Å². The third-order valence-electron chi connectivity index (χ3n) is 3.27. The summed E-state index contributed by atoms with van der Waals surface area (Å²) in [5.41, 5.74) is 9.32. The van der Waals surface area contributed by atoms with Crippen LogP contribution in [0.15, 0.2) is 28.8 Å². The Labute approximate surface area is 100 Å². The minimum Gasteiger partial charge on any atom is -0.381 e. The van der Waals surface area contributed by atoms with Crippen LogP contribution in [0.2, 0.25) is 0 Å². The zero-order valence-electron chi connectivity index (χ0n) is 9.81. The quantitative estimate of drug-likeness (QED) is 0.858. The van der Waals surface area contributed by atoms with E-state index in [1.54, 1.807) is 6.07 Å². The fourth-order valence-corrected chi connectivity index (χ4v) is 2.38. The van der Waals surface area contributed by atoms with Crippen LogP contribution >= 0.6 is 0 Å². The van der Waals surface area contributed by atoms with Gasteiger partial charge in [0.25, 0.3) is 0 Å². The van der Waals surface area contributed by atoms with Gasteiger partial charge in [-0.2, -0.15) is 0 Å². The number of anilines is 2. The Bertz CT molecular complexity index is 547. The zero-order valence-corrected chi connectivity index (χ0v) is 9.81. The summed E-state index contributed by atoms with van der Waals surface area (Å²) in [5.74, 6) is 1.16. The summed E-state index contributed by atoms with van der Waals surface area (Å²) in [6.07, 6.45) is 1.10. The maximum Gasteiger partial charge on any atom is 0.169 e. The van der Waals surface area contributed by atoms with E-state index in [1.165, 1.54) is 11.3 Å². The maximum atomic E-state index is 5.56. The molecule has 0 spiro atoms. The molecule has 0 fully saturated rings. The van der Waals surface area contributed by atoms with Crippen molar-refractivity contribution < 1.29 is 4.52 Å². The van der Waals surface area contributed by atoms with Crippen LogP contribution in [0.4, 0.5) is 11.5 Å². The molecule has 1 aliphatic rings. The highest BCUT2D eigenvalue weighted by Gasteiger charge is 2.18. The number of likely N-dealkylation sites (N-methyl/N-ethyl adjacent to an activating group) is 1. The molecule has 0 amide bonds. The molecule has 2 heterocycles. The lowest BCUT2D eigenvalue weighted by molar-refractivity contribution is 0.436. The van der Waals surface area contributed by atoms with Crippen molar-refractivity contribution in [1.82, 2.24) is 5.16 Å². The summed E-state index contributed by atoms with van der Waals surface area (Å²) in [6.45, 7) is 4.34. The molecule has 0 saturated heterocycles. The molecule has 0 radical (unpaired) electrons. The minimum atomic E-state index is 0.427. The molecule has 4 nitrogen and oxygen atoms in total. The SMILES string of the molecule is CCN1CCc2cc(-c3cc(N)no3)ccc21. The lowest BCUT2D eigenvalue weighted by Crippen LogP contribution is -2.18. The Balaban J connectivity index is 2.00. The number of hydrogen-bond donors (Lipinski definition) is 1.